The van der Waals surface area contributed by atoms with Gasteiger partial charge in [0.15, 0.2) is 0 Å². The Balaban J connectivity index is 1.34. The number of hydrogen-bond donors (Lipinski definition) is 3. The highest BCUT2D eigenvalue weighted by Crippen LogP contribution is 2.36. The predicted molar refractivity (Wildman–Crippen MR) is 134 cm³/mol. The van der Waals surface area contributed by atoms with E-state index in [1.807, 2.05) is 54.9 Å². The zero-order valence-corrected chi connectivity index (χ0v) is 17.9. The molecule has 1 aliphatic heterocycles. The van der Waals surface area contributed by atoms with Gasteiger partial charge in [-0.3, -0.25) is 9.78 Å². The number of aromatic amines is 1. The van der Waals surface area contributed by atoms with Crippen molar-refractivity contribution in [2.45, 2.75) is 12.5 Å². The highest BCUT2D eigenvalue weighted by molar-refractivity contribution is 6.31. The molecule has 5 nitrogen and oxygen atoms in total. The van der Waals surface area contributed by atoms with Gasteiger partial charge in [0.25, 0.3) is 5.91 Å². The van der Waals surface area contributed by atoms with E-state index >= 15 is 0 Å². The predicted octanol–water partition coefficient (Wildman–Crippen LogP) is 5.29. The van der Waals surface area contributed by atoms with Gasteiger partial charge in [-0.1, -0.05) is 42.5 Å². The van der Waals surface area contributed by atoms with Gasteiger partial charge in [-0.25, -0.2) is 0 Å². The van der Waals surface area contributed by atoms with Crippen molar-refractivity contribution in [1.29, 1.82) is 0 Å². The van der Waals surface area contributed by atoms with Crippen LogP contribution in [0, 0.1) is 0 Å². The van der Waals surface area contributed by atoms with Crippen molar-refractivity contribution < 1.29 is 4.79 Å². The number of nitrogens with zero attached hydrogens (tertiary/aromatic N) is 1. The number of pyridine rings is 1. The Bertz CT molecular complexity index is 1560. The van der Waals surface area contributed by atoms with Crippen LogP contribution in [0.1, 0.15) is 11.1 Å². The van der Waals surface area contributed by atoms with Gasteiger partial charge in [0.05, 0.1) is 0 Å². The van der Waals surface area contributed by atoms with Crippen molar-refractivity contribution in [1.82, 2.24) is 9.97 Å². The molecule has 1 unspecified atom stereocenters. The number of carbonyl (C=O) groups is 1. The SMILES string of the molecule is NC(/C=C1/C(=O)Nc2ccc(-c3ccc4cnccc4c3)cc21)Cc1c[nH]c2ccccc12. The number of amides is 1. The molecule has 3 aromatic carbocycles. The van der Waals surface area contributed by atoms with Crippen molar-refractivity contribution in [2.75, 3.05) is 5.32 Å². The second kappa shape index (κ2) is 7.73. The summed E-state index contributed by atoms with van der Waals surface area (Å²) in [5.74, 6) is -0.110. The molecular formula is C28H22N4O. The first-order valence-electron chi connectivity index (χ1n) is 11.0. The minimum atomic E-state index is -0.285. The topological polar surface area (TPSA) is 83.8 Å². The molecule has 6 rings (SSSR count). The van der Waals surface area contributed by atoms with Crippen LogP contribution in [0.25, 0.3) is 38.4 Å². The van der Waals surface area contributed by atoms with Crippen LogP contribution >= 0.6 is 0 Å². The summed E-state index contributed by atoms with van der Waals surface area (Å²) >= 11 is 0. The second-order valence-electron chi connectivity index (χ2n) is 8.46. The molecule has 1 aliphatic rings. The zero-order valence-electron chi connectivity index (χ0n) is 17.9. The molecule has 0 saturated heterocycles. The van der Waals surface area contributed by atoms with Gasteiger partial charge in [-0.15, -0.1) is 0 Å². The number of nitrogens with one attached hydrogen (secondary N) is 2. The number of para-hydroxylation sites is 1. The smallest absolute Gasteiger partial charge is 0.256 e. The molecule has 5 heteroatoms. The summed E-state index contributed by atoms with van der Waals surface area (Å²) in [5, 5.41) is 6.37. The third kappa shape index (κ3) is 3.49. The normalized spacial score (nSPS) is 15.2. The number of fused-ring (bicyclic) bond motifs is 3. The van der Waals surface area contributed by atoms with Gasteiger partial charge in [-0.05, 0) is 58.8 Å². The van der Waals surface area contributed by atoms with Crippen LogP contribution < -0.4 is 11.1 Å². The van der Waals surface area contributed by atoms with E-state index in [1.54, 1.807) is 6.20 Å². The number of carbonyl (C=O) groups excluding carboxylic acids is 1. The Hall–Kier alpha value is -4.22. The lowest BCUT2D eigenvalue weighted by molar-refractivity contribution is -0.110. The highest BCUT2D eigenvalue weighted by atomic mass is 16.2. The van der Waals surface area contributed by atoms with Crippen molar-refractivity contribution in [3.05, 3.63) is 103 Å². The fourth-order valence-corrected chi connectivity index (χ4v) is 4.62. The molecule has 160 valence electrons. The van der Waals surface area contributed by atoms with Crippen molar-refractivity contribution in [3.63, 3.8) is 0 Å². The molecule has 0 saturated carbocycles. The number of nitrogens with two attached hydrogens (primary N) is 1. The Morgan fingerprint density at radius 3 is 2.76 bits per heavy atom. The van der Waals surface area contributed by atoms with Crippen LogP contribution in [0.5, 0.6) is 0 Å². The summed E-state index contributed by atoms with van der Waals surface area (Å²) in [6.07, 6.45) is 8.19. The molecule has 0 spiro atoms. The van der Waals surface area contributed by atoms with E-state index in [-0.39, 0.29) is 11.9 Å². The molecule has 33 heavy (non-hydrogen) atoms. The van der Waals surface area contributed by atoms with Crippen LogP contribution in [0.2, 0.25) is 0 Å². The van der Waals surface area contributed by atoms with Gasteiger partial charge in [0, 0.05) is 57.7 Å². The third-order valence-electron chi connectivity index (χ3n) is 6.29. The van der Waals surface area contributed by atoms with Gasteiger partial charge in [0.2, 0.25) is 0 Å². The summed E-state index contributed by atoms with van der Waals surface area (Å²) in [4.78, 5) is 20.2. The summed E-state index contributed by atoms with van der Waals surface area (Å²) in [6, 6.07) is 22.3. The lowest BCUT2D eigenvalue weighted by atomic mass is 9.96. The fraction of sp³-hybridized carbons (Fsp3) is 0.0714. The minimum Gasteiger partial charge on any atom is -0.361 e. The Labute approximate surface area is 191 Å². The first kappa shape index (κ1) is 19.5. The van der Waals surface area contributed by atoms with Crippen LogP contribution in [0.3, 0.4) is 0 Å². The average molecular weight is 431 g/mol. The lowest BCUT2D eigenvalue weighted by Gasteiger charge is -2.09. The molecule has 0 radical (unpaired) electrons. The van der Waals surface area contributed by atoms with E-state index in [4.69, 9.17) is 5.73 Å². The maximum Gasteiger partial charge on any atom is 0.256 e. The maximum absolute atomic E-state index is 12.8. The van der Waals surface area contributed by atoms with Crippen LogP contribution in [-0.2, 0) is 11.2 Å². The fourth-order valence-electron chi connectivity index (χ4n) is 4.62. The third-order valence-corrected chi connectivity index (χ3v) is 6.29. The van der Waals surface area contributed by atoms with Crippen molar-refractivity contribution in [2.24, 2.45) is 5.73 Å². The number of H-pyrrole nitrogens is 1. The van der Waals surface area contributed by atoms with Crippen molar-refractivity contribution in [3.8, 4) is 11.1 Å². The molecule has 5 aromatic rings. The summed E-state index contributed by atoms with van der Waals surface area (Å²) in [6.45, 7) is 0. The monoisotopic (exact) mass is 430 g/mol. The number of hydrogen-bond acceptors (Lipinski definition) is 3. The minimum absolute atomic E-state index is 0.110. The highest BCUT2D eigenvalue weighted by Gasteiger charge is 2.25. The molecule has 4 N–H and O–H groups in total. The van der Waals surface area contributed by atoms with Crippen LogP contribution in [-0.4, -0.2) is 21.9 Å². The van der Waals surface area contributed by atoms with E-state index in [2.05, 4.69) is 45.6 Å². The molecule has 0 aliphatic carbocycles. The Morgan fingerprint density at radius 1 is 0.970 bits per heavy atom. The zero-order chi connectivity index (χ0) is 22.4. The lowest BCUT2D eigenvalue weighted by Crippen LogP contribution is -2.21. The Morgan fingerprint density at radius 2 is 1.82 bits per heavy atom. The molecular weight excluding hydrogens is 408 g/mol. The number of aromatic nitrogens is 2. The summed E-state index contributed by atoms with van der Waals surface area (Å²) in [7, 11) is 0. The average Bonchev–Trinajstić information content (AvgIpc) is 3.39. The molecule has 1 amide bonds. The number of anilines is 1. The number of rotatable bonds is 4. The van der Waals surface area contributed by atoms with E-state index < -0.39 is 0 Å². The summed E-state index contributed by atoms with van der Waals surface area (Å²) in [5.41, 5.74) is 13.2. The van der Waals surface area contributed by atoms with E-state index in [0.717, 1.165) is 49.6 Å². The summed E-state index contributed by atoms with van der Waals surface area (Å²) < 4.78 is 0. The quantitative estimate of drug-likeness (QED) is 0.339. The number of benzene rings is 3. The van der Waals surface area contributed by atoms with Gasteiger partial charge in [0.1, 0.15) is 0 Å². The van der Waals surface area contributed by atoms with E-state index in [9.17, 15) is 4.79 Å². The standard InChI is InChI=1S/C28H22N4O/c29-22(12-21-16-31-26-4-2-1-3-23(21)26)14-25-24-13-18(7-8-27(24)32-28(25)33)17-5-6-20-15-30-10-9-19(20)11-17/h1-11,13-16,22,31H,12,29H2,(H,32,33)/b25-14+. The van der Waals surface area contributed by atoms with Crippen molar-refractivity contribution >= 4 is 38.8 Å². The van der Waals surface area contributed by atoms with Gasteiger partial charge < -0.3 is 16.0 Å². The first-order valence-corrected chi connectivity index (χ1v) is 11.0. The van der Waals surface area contributed by atoms with Gasteiger partial charge >= 0.3 is 0 Å². The first-order chi connectivity index (χ1) is 16.2. The Kier molecular flexibility index (Phi) is 4.56. The molecule has 3 heterocycles. The molecule has 0 bridgehead atoms. The van der Waals surface area contributed by atoms with E-state index in [1.165, 1.54) is 0 Å². The largest absolute Gasteiger partial charge is 0.361 e. The van der Waals surface area contributed by atoms with Gasteiger partial charge in [-0.2, -0.15) is 0 Å². The molecule has 2 aromatic heterocycles. The van der Waals surface area contributed by atoms with Crippen LogP contribution in [0.4, 0.5) is 5.69 Å². The molecule has 1 atom stereocenters. The van der Waals surface area contributed by atoms with Crippen LogP contribution in [0.15, 0.2) is 91.4 Å². The second-order valence-corrected chi connectivity index (χ2v) is 8.46. The van der Waals surface area contributed by atoms with E-state index in [0.29, 0.717) is 12.0 Å². The molecule has 0 fully saturated rings. The maximum atomic E-state index is 12.8.